The van der Waals surface area contributed by atoms with Gasteiger partial charge in [0.15, 0.2) is 0 Å². The Kier molecular flexibility index (Phi) is 2.87. The molecule has 1 aromatic carbocycles. The lowest BCUT2D eigenvalue weighted by Crippen LogP contribution is -2.28. The highest BCUT2D eigenvalue weighted by Gasteiger charge is 2.59. The van der Waals surface area contributed by atoms with E-state index in [1.165, 1.54) is 18.3 Å². The van der Waals surface area contributed by atoms with Crippen molar-refractivity contribution in [3.63, 3.8) is 0 Å². The molecule has 1 aromatic rings. The highest BCUT2D eigenvalue weighted by molar-refractivity contribution is 6.30. The van der Waals surface area contributed by atoms with Gasteiger partial charge in [-0.05, 0) is 36.5 Å². The highest BCUT2D eigenvalue weighted by Crippen LogP contribution is 2.52. The maximum absolute atomic E-state index is 12.4. The molecule has 2 amide bonds. The van der Waals surface area contributed by atoms with Crippen LogP contribution in [0.1, 0.15) is 12.0 Å². The minimum absolute atomic E-state index is 0.00539. The summed E-state index contributed by atoms with van der Waals surface area (Å²) in [7, 11) is 0. The second-order valence-electron chi connectivity index (χ2n) is 5.94. The molecule has 4 atom stereocenters. The molecule has 1 heterocycles. The average molecular weight is 317 g/mol. The van der Waals surface area contributed by atoms with Crippen LogP contribution in [-0.2, 0) is 9.59 Å². The van der Waals surface area contributed by atoms with Crippen LogP contribution in [-0.4, -0.2) is 28.1 Å². The lowest BCUT2D eigenvalue weighted by Gasteiger charge is -2.13. The van der Waals surface area contributed by atoms with Crippen LogP contribution in [0.5, 0.6) is 5.75 Å². The largest absolute Gasteiger partial charge is 0.507 e. The van der Waals surface area contributed by atoms with Gasteiger partial charge in [-0.25, -0.2) is 0 Å². The number of amides is 2. The lowest BCUT2D eigenvalue weighted by atomic mass is 9.85. The maximum Gasteiger partial charge on any atom is 0.254 e. The van der Waals surface area contributed by atoms with E-state index < -0.39 is 0 Å². The molecule has 4 rings (SSSR count). The molecule has 2 aliphatic carbocycles. The molecule has 4 unspecified atom stereocenters. The van der Waals surface area contributed by atoms with Gasteiger partial charge in [-0.15, -0.1) is 0 Å². The number of phenolic OH excluding ortho intramolecular Hbond substituents is 1. The normalized spacial score (nSPS) is 32.5. The summed E-state index contributed by atoms with van der Waals surface area (Å²) in [6.07, 6.45) is 6.26. The fraction of sp³-hybridized carbons (Fsp3) is 0.312. The van der Waals surface area contributed by atoms with E-state index in [0.717, 1.165) is 11.4 Å². The number of hydrogen-bond acceptors (Lipinski definition) is 4. The number of aromatic hydroxyl groups is 1. The zero-order valence-corrected chi connectivity index (χ0v) is 12.3. The van der Waals surface area contributed by atoms with Crippen molar-refractivity contribution < 1.29 is 14.7 Å². The predicted molar refractivity (Wildman–Crippen MR) is 80.3 cm³/mol. The van der Waals surface area contributed by atoms with E-state index in [1.807, 2.05) is 12.2 Å². The van der Waals surface area contributed by atoms with Gasteiger partial charge in [0.1, 0.15) is 5.75 Å². The van der Waals surface area contributed by atoms with Crippen LogP contribution in [0.3, 0.4) is 0 Å². The number of phenols is 1. The number of imide groups is 1. The van der Waals surface area contributed by atoms with Gasteiger partial charge in [0.25, 0.3) is 11.8 Å². The first-order chi connectivity index (χ1) is 10.6. The fourth-order valence-electron chi connectivity index (χ4n) is 3.75. The van der Waals surface area contributed by atoms with Crippen LogP contribution in [0.15, 0.2) is 35.5 Å². The lowest BCUT2D eigenvalue weighted by molar-refractivity contribution is -0.140. The van der Waals surface area contributed by atoms with Crippen molar-refractivity contribution in [2.45, 2.75) is 6.42 Å². The molecule has 0 aromatic heterocycles. The van der Waals surface area contributed by atoms with Crippen LogP contribution in [0, 0.1) is 23.7 Å². The number of carbonyl (C=O) groups excluding carboxylic acids is 2. The van der Waals surface area contributed by atoms with E-state index in [2.05, 4.69) is 5.10 Å². The third kappa shape index (κ3) is 1.82. The molecular formula is C16H13ClN2O3. The van der Waals surface area contributed by atoms with Crippen LogP contribution < -0.4 is 0 Å². The summed E-state index contributed by atoms with van der Waals surface area (Å²) >= 11 is 5.87. The third-order valence-corrected chi connectivity index (χ3v) is 4.98. The minimum atomic E-state index is -0.271. The first kappa shape index (κ1) is 13.5. The molecule has 6 heteroatoms. The molecular weight excluding hydrogens is 304 g/mol. The molecule has 0 radical (unpaired) electrons. The second kappa shape index (κ2) is 4.68. The number of hydrogen-bond donors (Lipinski definition) is 1. The Morgan fingerprint density at radius 3 is 2.45 bits per heavy atom. The summed E-state index contributed by atoms with van der Waals surface area (Å²) in [5.41, 5.74) is 0.367. The minimum Gasteiger partial charge on any atom is -0.507 e. The van der Waals surface area contributed by atoms with Gasteiger partial charge in [0, 0.05) is 10.6 Å². The Hall–Kier alpha value is -2.14. The Morgan fingerprint density at radius 2 is 1.82 bits per heavy atom. The fourth-order valence-corrected chi connectivity index (χ4v) is 3.93. The molecule has 1 saturated heterocycles. The third-order valence-electron chi connectivity index (χ3n) is 4.75. The monoisotopic (exact) mass is 316 g/mol. The number of carbonyl (C=O) groups is 2. The average Bonchev–Trinajstić information content (AvgIpc) is 3.16. The van der Waals surface area contributed by atoms with E-state index in [1.54, 1.807) is 6.07 Å². The van der Waals surface area contributed by atoms with E-state index in [4.69, 9.17) is 11.6 Å². The van der Waals surface area contributed by atoms with Gasteiger partial charge < -0.3 is 5.11 Å². The summed E-state index contributed by atoms with van der Waals surface area (Å²) in [6, 6.07) is 4.52. The van der Waals surface area contributed by atoms with Gasteiger partial charge in [-0.1, -0.05) is 23.8 Å². The van der Waals surface area contributed by atoms with Crippen molar-refractivity contribution in [2.24, 2.45) is 28.8 Å². The quantitative estimate of drug-likeness (QED) is 0.516. The molecule has 1 saturated carbocycles. The van der Waals surface area contributed by atoms with Gasteiger partial charge in [0.2, 0.25) is 0 Å². The zero-order valence-electron chi connectivity index (χ0n) is 11.5. The molecule has 2 bridgehead atoms. The van der Waals surface area contributed by atoms with E-state index in [9.17, 15) is 14.7 Å². The topological polar surface area (TPSA) is 70.0 Å². The summed E-state index contributed by atoms with van der Waals surface area (Å²) in [6.45, 7) is 0. The van der Waals surface area contributed by atoms with Gasteiger partial charge in [-0.3, -0.25) is 9.59 Å². The van der Waals surface area contributed by atoms with Gasteiger partial charge >= 0.3 is 0 Å². The number of nitrogens with zero attached hydrogens (tertiary/aromatic N) is 2. The van der Waals surface area contributed by atoms with E-state index in [0.29, 0.717) is 10.6 Å². The van der Waals surface area contributed by atoms with Crippen molar-refractivity contribution in [3.05, 3.63) is 40.9 Å². The molecule has 5 nitrogen and oxygen atoms in total. The van der Waals surface area contributed by atoms with Crippen molar-refractivity contribution in [1.29, 1.82) is 0 Å². The Labute approximate surface area is 131 Å². The van der Waals surface area contributed by atoms with E-state index >= 15 is 0 Å². The Bertz CT molecular complexity index is 713. The highest BCUT2D eigenvalue weighted by atomic mass is 35.5. The van der Waals surface area contributed by atoms with Gasteiger partial charge in [-0.2, -0.15) is 10.1 Å². The molecule has 112 valence electrons. The number of hydrazone groups is 1. The molecule has 2 fully saturated rings. The standard InChI is InChI=1S/C16H13ClN2O3/c17-11-3-4-12(20)10(6-11)7-18-19-15(21)13-8-1-2-9(5-8)14(13)16(19)22/h1-4,6-9,13-14,20H,5H2. The molecule has 1 aliphatic heterocycles. The van der Waals surface area contributed by atoms with Crippen molar-refractivity contribution in [3.8, 4) is 5.75 Å². The van der Waals surface area contributed by atoms with Crippen LogP contribution >= 0.6 is 11.6 Å². The first-order valence-corrected chi connectivity index (χ1v) is 7.52. The molecule has 1 N–H and O–H groups in total. The number of allylic oxidation sites excluding steroid dienone is 2. The second-order valence-corrected chi connectivity index (χ2v) is 6.37. The number of fused-ring (bicyclic) bond motifs is 5. The molecule has 3 aliphatic rings. The maximum atomic E-state index is 12.4. The number of benzene rings is 1. The summed E-state index contributed by atoms with van der Waals surface area (Å²) in [5.74, 6) is -0.721. The van der Waals surface area contributed by atoms with Crippen molar-refractivity contribution in [1.82, 2.24) is 5.01 Å². The van der Waals surface area contributed by atoms with Crippen LogP contribution in [0.4, 0.5) is 0 Å². The SMILES string of the molecule is O=C1C2C3C=CC(C3)C2C(=O)N1N=Cc1cc(Cl)ccc1O. The number of rotatable bonds is 2. The summed E-state index contributed by atoms with van der Waals surface area (Å²) in [4.78, 5) is 24.9. The smallest absolute Gasteiger partial charge is 0.254 e. The summed E-state index contributed by atoms with van der Waals surface area (Å²) < 4.78 is 0. The first-order valence-electron chi connectivity index (χ1n) is 7.15. The van der Waals surface area contributed by atoms with Crippen LogP contribution in [0.25, 0.3) is 0 Å². The van der Waals surface area contributed by atoms with Crippen molar-refractivity contribution in [2.75, 3.05) is 0 Å². The predicted octanol–water partition coefficient (Wildman–Crippen LogP) is 2.19. The van der Waals surface area contributed by atoms with Crippen LogP contribution in [0.2, 0.25) is 5.02 Å². The number of halogens is 1. The van der Waals surface area contributed by atoms with E-state index in [-0.39, 0.29) is 41.2 Å². The molecule has 0 spiro atoms. The Morgan fingerprint density at radius 1 is 1.18 bits per heavy atom. The summed E-state index contributed by atoms with van der Waals surface area (Å²) in [5, 5.41) is 15.1. The van der Waals surface area contributed by atoms with Crippen molar-refractivity contribution >= 4 is 29.6 Å². The Balaban J connectivity index is 1.62. The molecule has 22 heavy (non-hydrogen) atoms. The van der Waals surface area contributed by atoms with Gasteiger partial charge in [0.05, 0.1) is 18.1 Å². The zero-order chi connectivity index (χ0) is 15.4.